The molecule has 5 heteroatoms. The third kappa shape index (κ3) is 4.99. The minimum Gasteiger partial charge on any atom is -0.349 e. The van der Waals surface area contributed by atoms with Crippen molar-refractivity contribution in [2.75, 3.05) is 5.32 Å². The van der Waals surface area contributed by atoms with E-state index in [2.05, 4.69) is 39.7 Å². The lowest BCUT2D eigenvalue weighted by molar-refractivity contribution is 0.0928. The van der Waals surface area contributed by atoms with Crippen molar-refractivity contribution in [3.8, 4) is 11.4 Å². The van der Waals surface area contributed by atoms with Crippen LogP contribution in [0.25, 0.3) is 11.4 Å². The molecule has 1 amide bonds. The van der Waals surface area contributed by atoms with Crippen LogP contribution in [0.3, 0.4) is 0 Å². The van der Waals surface area contributed by atoms with E-state index in [1.54, 1.807) is 6.20 Å². The molecule has 3 aromatic rings. The van der Waals surface area contributed by atoms with E-state index in [0.29, 0.717) is 17.4 Å². The first kappa shape index (κ1) is 19.1. The van der Waals surface area contributed by atoms with Gasteiger partial charge in [-0.3, -0.25) is 4.79 Å². The molecule has 0 radical (unpaired) electrons. The molecule has 1 heterocycles. The molecule has 2 aromatic carbocycles. The van der Waals surface area contributed by atoms with E-state index in [0.717, 1.165) is 29.9 Å². The zero-order valence-electron chi connectivity index (χ0n) is 16.7. The van der Waals surface area contributed by atoms with E-state index < -0.39 is 0 Å². The van der Waals surface area contributed by atoms with Crippen LogP contribution in [0.5, 0.6) is 0 Å². The van der Waals surface area contributed by atoms with Crippen molar-refractivity contribution < 1.29 is 4.79 Å². The standard InChI is InChI=1S/C24H26N4O/c1-17-7-9-18(10-8-17)23-25-16-15-22(28-23)26-21-13-11-19(12-14-21)24(29)27-20-5-3-2-4-6-20/h7-16,20H,2-6H2,1H3,(H,27,29)(H,25,26,28). The van der Waals surface area contributed by atoms with Crippen LogP contribution in [0.1, 0.15) is 48.0 Å². The Morgan fingerprint density at radius 3 is 2.38 bits per heavy atom. The Morgan fingerprint density at radius 2 is 1.66 bits per heavy atom. The first-order valence-corrected chi connectivity index (χ1v) is 10.3. The average Bonchev–Trinajstić information content (AvgIpc) is 2.76. The van der Waals surface area contributed by atoms with Crippen LogP contribution in [0.2, 0.25) is 0 Å². The molecule has 148 valence electrons. The lowest BCUT2D eigenvalue weighted by Gasteiger charge is -2.22. The summed E-state index contributed by atoms with van der Waals surface area (Å²) in [7, 11) is 0. The number of aromatic nitrogens is 2. The van der Waals surface area contributed by atoms with Crippen molar-refractivity contribution in [1.29, 1.82) is 0 Å². The van der Waals surface area contributed by atoms with Gasteiger partial charge in [0.1, 0.15) is 5.82 Å². The summed E-state index contributed by atoms with van der Waals surface area (Å²) in [5, 5.41) is 6.44. The van der Waals surface area contributed by atoms with Gasteiger partial charge in [-0.15, -0.1) is 0 Å². The highest BCUT2D eigenvalue weighted by atomic mass is 16.1. The molecule has 5 nitrogen and oxygen atoms in total. The van der Waals surface area contributed by atoms with Crippen molar-refractivity contribution in [2.24, 2.45) is 0 Å². The molecule has 0 saturated heterocycles. The van der Waals surface area contributed by atoms with Crippen LogP contribution >= 0.6 is 0 Å². The molecular weight excluding hydrogens is 360 g/mol. The summed E-state index contributed by atoms with van der Waals surface area (Å²) in [4.78, 5) is 21.4. The van der Waals surface area contributed by atoms with E-state index in [1.165, 1.54) is 24.8 Å². The molecule has 1 saturated carbocycles. The molecule has 1 fully saturated rings. The van der Waals surface area contributed by atoms with E-state index >= 15 is 0 Å². The number of carbonyl (C=O) groups is 1. The smallest absolute Gasteiger partial charge is 0.251 e. The molecule has 0 spiro atoms. The third-order valence-corrected chi connectivity index (χ3v) is 5.33. The highest BCUT2D eigenvalue weighted by molar-refractivity contribution is 5.94. The van der Waals surface area contributed by atoms with E-state index in [-0.39, 0.29) is 5.91 Å². The van der Waals surface area contributed by atoms with Crippen LogP contribution < -0.4 is 10.6 Å². The maximum Gasteiger partial charge on any atom is 0.251 e. The molecule has 0 unspecified atom stereocenters. The van der Waals surface area contributed by atoms with Crippen LogP contribution in [-0.4, -0.2) is 21.9 Å². The molecule has 2 N–H and O–H groups in total. The second-order valence-corrected chi connectivity index (χ2v) is 7.64. The van der Waals surface area contributed by atoms with Gasteiger partial charge in [0, 0.05) is 29.1 Å². The summed E-state index contributed by atoms with van der Waals surface area (Å²) in [5.74, 6) is 1.40. The molecule has 4 rings (SSSR count). The Kier molecular flexibility index (Phi) is 5.84. The number of carbonyl (C=O) groups excluding carboxylic acids is 1. The van der Waals surface area contributed by atoms with Crippen LogP contribution in [0.15, 0.2) is 60.8 Å². The summed E-state index contributed by atoms with van der Waals surface area (Å²) in [5.41, 5.74) is 3.75. The number of nitrogens with one attached hydrogen (secondary N) is 2. The quantitative estimate of drug-likeness (QED) is 0.628. The molecule has 0 atom stereocenters. The highest BCUT2D eigenvalue weighted by Gasteiger charge is 2.16. The van der Waals surface area contributed by atoms with Crippen molar-refractivity contribution in [2.45, 2.75) is 45.1 Å². The Hall–Kier alpha value is -3.21. The lowest BCUT2D eigenvalue weighted by atomic mass is 9.95. The number of aryl methyl sites for hydroxylation is 1. The second-order valence-electron chi connectivity index (χ2n) is 7.64. The second kappa shape index (κ2) is 8.86. The number of hydrogen-bond donors (Lipinski definition) is 2. The highest BCUT2D eigenvalue weighted by Crippen LogP contribution is 2.21. The number of anilines is 2. The summed E-state index contributed by atoms with van der Waals surface area (Å²) in [6, 6.07) is 17.8. The zero-order valence-corrected chi connectivity index (χ0v) is 16.7. The minimum atomic E-state index is 0.00661. The Morgan fingerprint density at radius 1 is 0.931 bits per heavy atom. The predicted octanol–water partition coefficient (Wildman–Crippen LogP) is 5.26. The average molecular weight is 386 g/mol. The van der Waals surface area contributed by atoms with Gasteiger partial charge in [-0.05, 0) is 50.1 Å². The summed E-state index contributed by atoms with van der Waals surface area (Å²) in [6.45, 7) is 2.06. The number of nitrogens with zero attached hydrogens (tertiary/aromatic N) is 2. The SMILES string of the molecule is Cc1ccc(-c2nccc(Nc3ccc(C(=O)NC4CCCCC4)cc3)n2)cc1. The van der Waals surface area contributed by atoms with Gasteiger partial charge >= 0.3 is 0 Å². The minimum absolute atomic E-state index is 0.00661. The lowest BCUT2D eigenvalue weighted by Crippen LogP contribution is -2.36. The van der Waals surface area contributed by atoms with Gasteiger partial charge in [-0.2, -0.15) is 0 Å². The fourth-order valence-corrected chi connectivity index (χ4v) is 3.64. The topological polar surface area (TPSA) is 66.9 Å². The molecule has 29 heavy (non-hydrogen) atoms. The molecule has 1 aliphatic rings. The summed E-state index contributed by atoms with van der Waals surface area (Å²) >= 11 is 0. The van der Waals surface area contributed by atoms with Gasteiger partial charge in [0.05, 0.1) is 0 Å². The molecule has 0 bridgehead atoms. The first-order chi connectivity index (χ1) is 14.2. The number of amides is 1. The predicted molar refractivity (Wildman–Crippen MR) is 116 cm³/mol. The first-order valence-electron chi connectivity index (χ1n) is 10.3. The van der Waals surface area contributed by atoms with E-state index in [1.807, 2.05) is 42.5 Å². The van der Waals surface area contributed by atoms with Crippen LogP contribution in [0, 0.1) is 6.92 Å². The third-order valence-electron chi connectivity index (χ3n) is 5.33. The normalized spacial score (nSPS) is 14.4. The Balaban J connectivity index is 1.41. The van der Waals surface area contributed by atoms with Gasteiger partial charge in [0.25, 0.3) is 5.91 Å². The van der Waals surface area contributed by atoms with E-state index in [4.69, 9.17) is 0 Å². The Bertz CT molecular complexity index is 961. The maximum atomic E-state index is 12.5. The largest absolute Gasteiger partial charge is 0.349 e. The summed E-state index contributed by atoms with van der Waals surface area (Å²) < 4.78 is 0. The fourth-order valence-electron chi connectivity index (χ4n) is 3.64. The molecule has 0 aliphatic heterocycles. The van der Waals surface area contributed by atoms with Crippen LogP contribution in [-0.2, 0) is 0 Å². The zero-order chi connectivity index (χ0) is 20.1. The Labute approximate surface area is 171 Å². The van der Waals surface area contributed by atoms with Crippen molar-refractivity contribution in [1.82, 2.24) is 15.3 Å². The molecule has 1 aliphatic carbocycles. The van der Waals surface area contributed by atoms with Gasteiger partial charge in [0.2, 0.25) is 0 Å². The monoisotopic (exact) mass is 386 g/mol. The van der Waals surface area contributed by atoms with E-state index in [9.17, 15) is 4.79 Å². The van der Waals surface area contributed by atoms with Gasteiger partial charge < -0.3 is 10.6 Å². The molecule has 1 aromatic heterocycles. The molecular formula is C24H26N4O. The van der Waals surface area contributed by atoms with Crippen LogP contribution in [0.4, 0.5) is 11.5 Å². The van der Waals surface area contributed by atoms with Crippen molar-refractivity contribution in [3.05, 3.63) is 71.9 Å². The van der Waals surface area contributed by atoms with Crippen molar-refractivity contribution in [3.63, 3.8) is 0 Å². The van der Waals surface area contributed by atoms with Gasteiger partial charge in [-0.25, -0.2) is 9.97 Å². The maximum absolute atomic E-state index is 12.5. The number of rotatable bonds is 5. The summed E-state index contributed by atoms with van der Waals surface area (Å²) in [6.07, 6.45) is 7.61. The van der Waals surface area contributed by atoms with Gasteiger partial charge in [0.15, 0.2) is 5.82 Å². The number of hydrogen-bond acceptors (Lipinski definition) is 4. The fraction of sp³-hybridized carbons (Fsp3) is 0.292. The number of benzene rings is 2. The van der Waals surface area contributed by atoms with Gasteiger partial charge in [-0.1, -0.05) is 49.1 Å². The van der Waals surface area contributed by atoms with Crippen molar-refractivity contribution >= 4 is 17.4 Å².